The van der Waals surface area contributed by atoms with Crippen LogP contribution < -0.4 is 0 Å². The maximum Gasteiger partial charge on any atom is 0.223 e. The fourth-order valence-electron chi connectivity index (χ4n) is 2.92. The Balaban J connectivity index is 1.79. The third-order valence-corrected chi connectivity index (χ3v) is 4.69. The van der Waals surface area contributed by atoms with Crippen LogP contribution in [0, 0.1) is 0 Å². The molecule has 1 aliphatic heterocycles. The lowest BCUT2D eigenvalue weighted by Gasteiger charge is -2.22. The minimum Gasteiger partial charge on any atom is -0.341 e. The van der Waals surface area contributed by atoms with Crippen LogP contribution in [0.15, 0.2) is 24.3 Å². The quantitative estimate of drug-likeness (QED) is 0.779. The molecule has 136 valence electrons. The highest BCUT2D eigenvalue weighted by Crippen LogP contribution is 2.13. The molecule has 6 heteroatoms. The molecule has 2 rings (SSSR count). The van der Waals surface area contributed by atoms with Crippen molar-refractivity contribution in [1.82, 2.24) is 9.80 Å². The summed E-state index contributed by atoms with van der Waals surface area (Å²) in [6, 6.07) is 7.54. The Bertz CT molecular complexity index is 616. The zero-order chi connectivity index (χ0) is 18.2. The monoisotopic (exact) mass is 364 g/mol. The van der Waals surface area contributed by atoms with Gasteiger partial charge in [0.1, 0.15) is 5.78 Å². The average Bonchev–Trinajstić information content (AvgIpc) is 2.85. The predicted molar refractivity (Wildman–Crippen MR) is 97.5 cm³/mol. The summed E-state index contributed by atoms with van der Waals surface area (Å²) in [5.74, 6) is 0.154. The Labute approximate surface area is 153 Å². The van der Waals surface area contributed by atoms with Gasteiger partial charge < -0.3 is 14.6 Å². The van der Waals surface area contributed by atoms with E-state index in [1.165, 1.54) is 6.92 Å². The van der Waals surface area contributed by atoms with Crippen LogP contribution in [0.1, 0.15) is 38.2 Å². The average molecular weight is 365 g/mol. The van der Waals surface area contributed by atoms with Gasteiger partial charge in [0, 0.05) is 50.5 Å². The maximum atomic E-state index is 12.4. The first-order valence-corrected chi connectivity index (χ1v) is 9.13. The summed E-state index contributed by atoms with van der Waals surface area (Å²) in [6.45, 7) is 3.93. The lowest BCUT2D eigenvalue weighted by molar-refractivity contribution is -0.134. The largest absolute Gasteiger partial charge is 0.341 e. The van der Waals surface area contributed by atoms with Crippen LogP contribution in [-0.2, 0) is 20.8 Å². The fraction of sp³-hybridized carbons (Fsp3) is 0.526. The number of halogens is 1. The van der Waals surface area contributed by atoms with Crippen molar-refractivity contribution in [3.05, 3.63) is 34.9 Å². The minimum atomic E-state index is 0.00524. The molecule has 2 amide bonds. The number of aryl methyl sites for hydroxylation is 1. The Kier molecular flexibility index (Phi) is 7.44. The zero-order valence-electron chi connectivity index (χ0n) is 14.7. The molecule has 1 aromatic rings. The van der Waals surface area contributed by atoms with E-state index in [9.17, 15) is 14.4 Å². The summed E-state index contributed by atoms with van der Waals surface area (Å²) in [6.07, 6.45) is 2.48. The number of carbonyl (C=O) groups is 3. The van der Waals surface area contributed by atoms with Gasteiger partial charge in [-0.2, -0.15) is 0 Å². The van der Waals surface area contributed by atoms with Gasteiger partial charge in [0.25, 0.3) is 0 Å². The number of hydrogen-bond acceptors (Lipinski definition) is 3. The Hall–Kier alpha value is -1.88. The molecule has 0 aliphatic carbocycles. The number of hydrogen-bond donors (Lipinski definition) is 0. The molecule has 0 bridgehead atoms. The van der Waals surface area contributed by atoms with Gasteiger partial charge in [0.15, 0.2) is 0 Å². The molecule has 1 fully saturated rings. The molecule has 0 aromatic heterocycles. The van der Waals surface area contributed by atoms with Crippen molar-refractivity contribution in [3.63, 3.8) is 0 Å². The van der Waals surface area contributed by atoms with Gasteiger partial charge in [-0.25, -0.2) is 0 Å². The van der Waals surface area contributed by atoms with Crippen molar-refractivity contribution >= 4 is 29.2 Å². The summed E-state index contributed by atoms with van der Waals surface area (Å²) in [5, 5.41) is 0.692. The molecule has 1 aliphatic rings. The van der Waals surface area contributed by atoms with Gasteiger partial charge in [-0.1, -0.05) is 23.7 Å². The second-order valence-electron chi connectivity index (χ2n) is 6.44. The second kappa shape index (κ2) is 9.56. The summed E-state index contributed by atoms with van der Waals surface area (Å²) in [5.41, 5.74) is 1.09. The van der Waals surface area contributed by atoms with Crippen LogP contribution in [0.25, 0.3) is 0 Å². The lowest BCUT2D eigenvalue weighted by atomic mass is 10.1. The maximum absolute atomic E-state index is 12.4. The number of nitrogens with zero attached hydrogens (tertiary/aromatic N) is 2. The standard InChI is InChI=1S/C19H25ClN2O3/c1-15(23)3-9-18(24)21-11-2-12-22(14-13-21)19(25)10-6-16-4-7-17(20)8-5-16/h4-5,7-8H,2-3,6,9-14H2,1H3. The van der Waals surface area contributed by atoms with E-state index >= 15 is 0 Å². The van der Waals surface area contributed by atoms with Crippen LogP contribution in [0.2, 0.25) is 5.02 Å². The van der Waals surface area contributed by atoms with E-state index < -0.39 is 0 Å². The first kappa shape index (κ1) is 19.4. The second-order valence-corrected chi connectivity index (χ2v) is 6.88. The minimum absolute atomic E-state index is 0.00524. The van der Waals surface area contributed by atoms with Crippen molar-refractivity contribution in [2.45, 2.75) is 39.0 Å². The van der Waals surface area contributed by atoms with Crippen LogP contribution in [0.4, 0.5) is 0 Å². The van der Waals surface area contributed by atoms with E-state index in [0.29, 0.717) is 50.5 Å². The highest BCUT2D eigenvalue weighted by molar-refractivity contribution is 6.30. The Morgan fingerprint density at radius 2 is 1.44 bits per heavy atom. The van der Waals surface area contributed by atoms with E-state index in [2.05, 4.69) is 0 Å². The number of carbonyl (C=O) groups excluding carboxylic acids is 3. The number of benzene rings is 1. The topological polar surface area (TPSA) is 57.7 Å². The zero-order valence-corrected chi connectivity index (χ0v) is 15.4. The van der Waals surface area contributed by atoms with E-state index in [1.807, 2.05) is 29.2 Å². The number of rotatable bonds is 6. The van der Waals surface area contributed by atoms with E-state index in [-0.39, 0.29) is 24.0 Å². The van der Waals surface area contributed by atoms with Gasteiger partial charge >= 0.3 is 0 Å². The van der Waals surface area contributed by atoms with Gasteiger partial charge in [-0.15, -0.1) is 0 Å². The fourth-order valence-corrected chi connectivity index (χ4v) is 3.04. The first-order chi connectivity index (χ1) is 12.0. The van der Waals surface area contributed by atoms with Gasteiger partial charge in [0.2, 0.25) is 11.8 Å². The highest BCUT2D eigenvalue weighted by atomic mass is 35.5. The molecule has 0 saturated carbocycles. The van der Waals surface area contributed by atoms with E-state index in [1.54, 1.807) is 4.90 Å². The van der Waals surface area contributed by atoms with Crippen molar-refractivity contribution < 1.29 is 14.4 Å². The Morgan fingerprint density at radius 1 is 0.880 bits per heavy atom. The van der Waals surface area contributed by atoms with E-state index in [0.717, 1.165) is 12.0 Å². The number of ketones is 1. The van der Waals surface area contributed by atoms with Gasteiger partial charge in [-0.3, -0.25) is 9.59 Å². The van der Waals surface area contributed by atoms with E-state index in [4.69, 9.17) is 11.6 Å². The third kappa shape index (κ3) is 6.50. The normalized spacial score (nSPS) is 15.0. The molecule has 1 saturated heterocycles. The summed E-state index contributed by atoms with van der Waals surface area (Å²) in [7, 11) is 0. The Morgan fingerprint density at radius 3 is 2.00 bits per heavy atom. The molecular weight excluding hydrogens is 340 g/mol. The first-order valence-electron chi connectivity index (χ1n) is 8.75. The van der Waals surface area contributed by atoms with Gasteiger partial charge in [-0.05, 0) is 37.5 Å². The summed E-state index contributed by atoms with van der Waals surface area (Å²) >= 11 is 5.87. The molecule has 0 spiro atoms. The molecule has 0 N–H and O–H groups in total. The SMILES string of the molecule is CC(=O)CCC(=O)N1CCCN(C(=O)CCc2ccc(Cl)cc2)CC1. The molecule has 0 unspecified atom stereocenters. The predicted octanol–water partition coefficient (Wildman–Crippen LogP) is 2.70. The van der Waals surface area contributed by atoms with Crippen LogP contribution in [-0.4, -0.2) is 53.6 Å². The van der Waals surface area contributed by atoms with Crippen molar-refractivity contribution in [1.29, 1.82) is 0 Å². The lowest BCUT2D eigenvalue weighted by Crippen LogP contribution is -2.37. The molecular formula is C19H25ClN2O3. The van der Waals surface area contributed by atoms with Crippen LogP contribution in [0.3, 0.4) is 0 Å². The summed E-state index contributed by atoms with van der Waals surface area (Å²) in [4.78, 5) is 39.2. The highest BCUT2D eigenvalue weighted by Gasteiger charge is 2.21. The van der Waals surface area contributed by atoms with Crippen LogP contribution >= 0.6 is 11.6 Å². The van der Waals surface area contributed by atoms with Crippen molar-refractivity contribution in [3.8, 4) is 0 Å². The number of Topliss-reactive ketones (excluding diaryl/α,β-unsaturated/α-hetero) is 1. The van der Waals surface area contributed by atoms with Crippen LogP contribution in [0.5, 0.6) is 0 Å². The molecule has 5 nitrogen and oxygen atoms in total. The van der Waals surface area contributed by atoms with Crippen molar-refractivity contribution in [2.75, 3.05) is 26.2 Å². The van der Waals surface area contributed by atoms with Crippen molar-refractivity contribution in [2.24, 2.45) is 0 Å². The summed E-state index contributed by atoms with van der Waals surface area (Å²) < 4.78 is 0. The van der Waals surface area contributed by atoms with Gasteiger partial charge in [0.05, 0.1) is 0 Å². The molecule has 1 aromatic carbocycles. The molecule has 0 radical (unpaired) electrons. The number of amides is 2. The molecule has 0 atom stereocenters. The molecule has 1 heterocycles. The smallest absolute Gasteiger partial charge is 0.223 e. The molecule has 25 heavy (non-hydrogen) atoms. The third-order valence-electron chi connectivity index (χ3n) is 4.43.